The summed E-state index contributed by atoms with van der Waals surface area (Å²) in [5.74, 6) is -0.0333. The molecule has 0 aromatic heterocycles. The van der Waals surface area contributed by atoms with Gasteiger partial charge < -0.3 is 5.32 Å². The molecule has 0 spiro atoms. The van der Waals surface area contributed by atoms with Crippen molar-refractivity contribution < 1.29 is 13.2 Å². The zero-order valence-corrected chi connectivity index (χ0v) is 15.9. The van der Waals surface area contributed by atoms with Gasteiger partial charge in [-0.2, -0.15) is 0 Å². The highest BCUT2D eigenvalue weighted by Crippen LogP contribution is 2.19. The van der Waals surface area contributed by atoms with Crippen LogP contribution < -0.4 is 5.32 Å². The van der Waals surface area contributed by atoms with Gasteiger partial charge >= 0.3 is 0 Å². The first kappa shape index (κ1) is 19.5. The fourth-order valence-electron chi connectivity index (χ4n) is 2.54. The SMILES string of the molecule is CC[C@@H](NC(=O)CCc1ccc(Cl)cc1)c1ccc(S(C)(=O)=O)cc1. The van der Waals surface area contributed by atoms with Crippen molar-refractivity contribution in [3.8, 4) is 0 Å². The molecule has 0 heterocycles. The molecule has 0 bridgehead atoms. The number of aryl methyl sites for hydroxylation is 1. The predicted octanol–water partition coefficient (Wildman–Crippen LogP) is 3.94. The van der Waals surface area contributed by atoms with Crippen LogP contribution in [-0.2, 0) is 21.1 Å². The number of halogens is 1. The molecule has 134 valence electrons. The molecule has 6 heteroatoms. The number of hydrogen-bond donors (Lipinski definition) is 1. The average Bonchev–Trinajstić information content (AvgIpc) is 2.58. The lowest BCUT2D eigenvalue weighted by Gasteiger charge is -2.18. The van der Waals surface area contributed by atoms with Gasteiger partial charge in [0.15, 0.2) is 9.84 Å². The first-order valence-electron chi connectivity index (χ1n) is 8.13. The molecule has 0 saturated heterocycles. The van der Waals surface area contributed by atoms with E-state index in [-0.39, 0.29) is 16.8 Å². The van der Waals surface area contributed by atoms with Gasteiger partial charge in [-0.3, -0.25) is 4.79 Å². The number of benzene rings is 2. The van der Waals surface area contributed by atoms with Crippen molar-refractivity contribution in [2.24, 2.45) is 0 Å². The summed E-state index contributed by atoms with van der Waals surface area (Å²) in [7, 11) is -3.21. The molecular formula is C19H22ClNO3S. The molecule has 0 saturated carbocycles. The molecule has 1 amide bonds. The van der Waals surface area contributed by atoms with E-state index < -0.39 is 9.84 Å². The standard InChI is InChI=1S/C19H22ClNO3S/c1-3-18(15-7-11-17(12-8-15)25(2,23)24)21-19(22)13-6-14-4-9-16(20)10-5-14/h4-5,7-12,18H,3,6,13H2,1-2H3,(H,21,22)/t18-/m1/s1. The number of sulfone groups is 1. The van der Waals surface area contributed by atoms with Gasteiger partial charge in [0, 0.05) is 17.7 Å². The quantitative estimate of drug-likeness (QED) is 0.792. The molecule has 0 unspecified atom stereocenters. The number of rotatable bonds is 7. The average molecular weight is 380 g/mol. The minimum absolute atomic E-state index is 0.0333. The van der Waals surface area contributed by atoms with Crippen molar-refractivity contribution in [3.05, 3.63) is 64.7 Å². The molecule has 2 aromatic rings. The van der Waals surface area contributed by atoms with E-state index in [0.717, 1.165) is 17.5 Å². The largest absolute Gasteiger partial charge is 0.349 e. The molecule has 0 aliphatic carbocycles. The first-order chi connectivity index (χ1) is 11.8. The summed E-state index contributed by atoms with van der Waals surface area (Å²) < 4.78 is 23.0. The van der Waals surface area contributed by atoms with Crippen molar-refractivity contribution >= 4 is 27.3 Å². The molecule has 1 atom stereocenters. The van der Waals surface area contributed by atoms with E-state index >= 15 is 0 Å². The van der Waals surface area contributed by atoms with Gasteiger partial charge in [0.25, 0.3) is 0 Å². The molecule has 0 radical (unpaired) electrons. The Morgan fingerprint density at radius 3 is 2.20 bits per heavy atom. The third-order valence-electron chi connectivity index (χ3n) is 4.01. The molecular weight excluding hydrogens is 358 g/mol. The first-order valence-corrected chi connectivity index (χ1v) is 10.4. The maximum absolute atomic E-state index is 12.2. The molecule has 1 N–H and O–H groups in total. The molecule has 0 aliphatic heterocycles. The third-order valence-corrected chi connectivity index (χ3v) is 5.39. The fourth-order valence-corrected chi connectivity index (χ4v) is 3.30. The fraction of sp³-hybridized carbons (Fsp3) is 0.316. The van der Waals surface area contributed by atoms with Crippen LogP contribution >= 0.6 is 11.6 Å². The van der Waals surface area contributed by atoms with Crippen LogP contribution in [0.25, 0.3) is 0 Å². The monoisotopic (exact) mass is 379 g/mol. The van der Waals surface area contributed by atoms with Gasteiger partial charge in [-0.1, -0.05) is 42.8 Å². The number of carbonyl (C=O) groups excluding carboxylic acids is 1. The predicted molar refractivity (Wildman–Crippen MR) is 100 cm³/mol. The zero-order valence-electron chi connectivity index (χ0n) is 14.3. The van der Waals surface area contributed by atoms with Gasteiger partial charge in [0.2, 0.25) is 5.91 Å². The third kappa shape index (κ3) is 5.87. The second-order valence-electron chi connectivity index (χ2n) is 6.00. The van der Waals surface area contributed by atoms with Crippen molar-refractivity contribution in [2.75, 3.05) is 6.26 Å². The molecule has 4 nitrogen and oxygen atoms in total. The zero-order chi connectivity index (χ0) is 18.4. The molecule has 0 fully saturated rings. The van der Waals surface area contributed by atoms with Gasteiger partial charge in [0.05, 0.1) is 10.9 Å². The second kappa shape index (κ2) is 8.50. The van der Waals surface area contributed by atoms with Crippen molar-refractivity contribution in [2.45, 2.75) is 37.1 Å². The van der Waals surface area contributed by atoms with Crippen molar-refractivity contribution in [1.29, 1.82) is 0 Å². The van der Waals surface area contributed by atoms with E-state index in [1.807, 2.05) is 31.2 Å². The van der Waals surface area contributed by atoms with Gasteiger partial charge in [-0.15, -0.1) is 0 Å². The minimum atomic E-state index is -3.21. The molecule has 2 rings (SSSR count). The summed E-state index contributed by atoms with van der Waals surface area (Å²) in [5, 5.41) is 3.69. The van der Waals surface area contributed by atoms with E-state index in [9.17, 15) is 13.2 Å². The van der Waals surface area contributed by atoms with Crippen LogP contribution in [0.2, 0.25) is 5.02 Å². The van der Waals surface area contributed by atoms with E-state index in [1.165, 1.54) is 6.26 Å². The summed E-state index contributed by atoms with van der Waals surface area (Å²) in [6, 6.07) is 14.0. The Morgan fingerprint density at radius 1 is 1.08 bits per heavy atom. The Bertz CT molecular complexity index is 815. The van der Waals surface area contributed by atoms with E-state index in [4.69, 9.17) is 11.6 Å². The Morgan fingerprint density at radius 2 is 1.68 bits per heavy atom. The summed E-state index contributed by atoms with van der Waals surface area (Å²) in [6.45, 7) is 1.98. The summed E-state index contributed by atoms with van der Waals surface area (Å²) in [5.41, 5.74) is 1.96. The van der Waals surface area contributed by atoms with Gasteiger partial charge in [0.1, 0.15) is 0 Å². The summed E-state index contributed by atoms with van der Waals surface area (Å²) in [6.07, 6.45) is 2.94. The Kier molecular flexibility index (Phi) is 6.62. The maximum atomic E-state index is 12.2. The Hall–Kier alpha value is -1.85. The van der Waals surface area contributed by atoms with Crippen molar-refractivity contribution in [1.82, 2.24) is 5.32 Å². The van der Waals surface area contributed by atoms with E-state index in [2.05, 4.69) is 5.32 Å². The van der Waals surface area contributed by atoms with Crippen LogP contribution in [0.3, 0.4) is 0 Å². The minimum Gasteiger partial charge on any atom is -0.349 e. The van der Waals surface area contributed by atoms with Crippen LogP contribution in [0.1, 0.15) is 36.9 Å². The van der Waals surface area contributed by atoms with Crippen LogP contribution in [0.4, 0.5) is 0 Å². The molecule has 0 aliphatic rings. The molecule has 25 heavy (non-hydrogen) atoms. The maximum Gasteiger partial charge on any atom is 0.220 e. The van der Waals surface area contributed by atoms with Crippen LogP contribution in [0, 0.1) is 0 Å². The van der Waals surface area contributed by atoms with Crippen LogP contribution in [-0.4, -0.2) is 20.6 Å². The topological polar surface area (TPSA) is 63.2 Å². The number of carbonyl (C=O) groups is 1. The lowest BCUT2D eigenvalue weighted by atomic mass is 10.0. The normalized spacial score (nSPS) is 12.6. The smallest absolute Gasteiger partial charge is 0.220 e. The second-order valence-corrected chi connectivity index (χ2v) is 8.45. The van der Waals surface area contributed by atoms with Gasteiger partial charge in [-0.05, 0) is 48.2 Å². The van der Waals surface area contributed by atoms with E-state index in [0.29, 0.717) is 17.9 Å². The Labute approximate surface area is 154 Å². The number of nitrogens with one attached hydrogen (secondary N) is 1. The highest BCUT2D eigenvalue weighted by atomic mass is 35.5. The number of amides is 1. The van der Waals surface area contributed by atoms with Crippen LogP contribution in [0.15, 0.2) is 53.4 Å². The highest BCUT2D eigenvalue weighted by molar-refractivity contribution is 7.90. The summed E-state index contributed by atoms with van der Waals surface area (Å²) in [4.78, 5) is 12.5. The molecule has 2 aromatic carbocycles. The lowest BCUT2D eigenvalue weighted by Crippen LogP contribution is -2.28. The number of hydrogen-bond acceptors (Lipinski definition) is 3. The van der Waals surface area contributed by atoms with E-state index in [1.54, 1.807) is 24.3 Å². The highest BCUT2D eigenvalue weighted by Gasteiger charge is 2.14. The Balaban J connectivity index is 1.96. The van der Waals surface area contributed by atoms with Crippen molar-refractivity contribution in [3.63, 3.8) is 0 Å². The van der Waals surface area contributed by atoms with Gasteiger partial charge in [-0.25, -0.2) is 8.42 Å². The summed E-state index contributed by atoms with van der Waals surface area (Å²) >= 11 is 5.85. The van der Waals surface area contributed by atoms with Crippen LogP contribution in [0.5, 0.6) is 0 Å². The lowest BCUT2D eigenvalue weighted by molar-refractivity contribution is -0.121.